The van der Waals surface area contributed by atoms with E-state index in [1.54, 1.807) is 7.11 Å². The van der Waals surface area contributed by atoms with E-state index in [2.05, 4.69) is 18.2 Å². The molecule has 0 aliphatic heterocycles. The molecular weight excluding hydrogens is 258 g/mol. The second-order valence-electron chi connectivity index (χ2n) is 6.98. The van der Waals surface area contributed by atoms with Crippen molar-refractivity contribution in [3.05, 3.63) is 29.3 Å². The lowest BCUT2D eigenvalue weighted by Crippen LogP contribution is -2.37. The van der Waals surface area contributed by atoms with Crippen molar-refractivity contribution < 1.29 is 4.74 Å². The summed E-state index contributed by atoms with van der Waals surface area (Å²) >= 11 is 0. The minimum absolute atomic E-state index is 0.220. The Morgan fingerprint density at radius 1 is 1.10 bits per heavy atom. The first-order valence-corrected chi connectivity index (χ1v) is 8.67. The van der Waals surface area contributed by atoms with Crippen molar-refractivity contribution in [1.82, 2.24) is 0 Å². The van der Waals surface area contributed by atoms with E-state index in [1.165, 1.54) is 68.9 Å². The van der Waals surface area contributed by atoms with Crippen molar-refractivity contribution in [2.45, 2.75) is 69.1 Å². The molecule has 0 bridgehead atoms. The number of nitrogens with two attached hydrogens (primary N) is 1. The molecule has 21 heavy (non-hydrogen) atoms. The van der Waals surface area contributed by atoms with Crippen LogP contribution in [-0.4, -0.2) is 13.7 Å². The molecule has 2 N–H and O–H groups in total. The van der Waals surface area contributed by atoms with Crippen LogP contribution >= 0.6 is 0 Å². The number of rotatable bonds is 4. The topological polar surface area (TPSA) is 35.2 Å². The van der Waals surface area contributed by atoms with Crippen LogP contribution in [0.2, 0.25) is 0 Å². The minimum atomic E-state index is 0.220. The highest BCUT2D eigenvalue weighted by Crippen LogP contribution is 2.44. The molecule has 0 unspecified atom stereocenters. The summed E-state index contributed by atoms with van der Waals surface area (Å²) < 4.78 is 5.64. The Balaban J connectivity index is 1.96. The van der Waals surface area contributed by atoms with Crippen LogP contribution in [0.3, 0.4) is 0 Å². The molecule has 0 spiro atoms. The average molecular weight is 287 g/mol. The SMILES string of the molecule is COc1ccc(C2(CN)CCCCC2)cc1C1CCCC1. The van der Waals surface area contributed by atoms with Gasteiger partial charge in [-0.2, -0.15) is 0 Å². The number of methoxy groups -OCH3 is 1. The molecule has 0 amide bonds. The van der Waals surface area contributed by atoms with E-state index in [9.17, 15) is 0 Å². The van der Waals surface area contributed by atoms with Crippen LogP contribution in [0.1, 0.15) is 74.8 Å². The maximum absolute atomic E-state index is 6.21. The molecule has 0 saturated heterocycles. The summed E-state index contributed by atoms with van der Waals surface area (Å²) in [5.41, 5.74) is 9.33. The van der Waals surface area contributed by atoms with Gasteiger partial charge in [-0.3, -0.25) is 0 Å². The van der Waals surface area contributed by atoms with Gasteiger partial charge in [0.05, 0.1) is 7.11 Å². The Kier molecular flexibility index (Phi) is 4.54. The Hall–Kier alpha value is -1.02. The summed E-state index contributed by atoms with van der Waals surface area (Å²) in [4.78, 5) is 0. The molecule has 1 aromatic rings. The number of benzene rings is 1. The highest BCUT2D eigenvalue weighted by molar-refractivity contribution is 5.43. The van der Waals surface area contributed by atoms with E-state index in [0.29, 0.717) is 5.92 Å². The van der Waals surface area contributed by atoms with Gasteiger partial charge in [0.2, 0.25) is 0 Å². The molecular formula is C19H29NO. The summed E-state index contributed by atoms with van der Waals surface area (Å²) in [6.45, 7) is 0.781. The van der Waals surface area contributed by atoms with Crippen molar-refractivity contribution in [2.75, 3.05) is 13.7 Å². The number of hydrogen-bond donors (Lipinski definition) is 1. The lowest BCUT2D eigenvalue weighted by Gasteiger charge is -2.37. The third-order valence-corrected chi connectivity index (χ3v) is 5.84. The predicted molar refractivity (Wildman–Crippen MR) is 88.0 cm³/mol. The van der Waals surface area contributed by atoms with Crippen molar-refractivity contribution >= 4 is 0 Å². The van der Waals surface area contributed by atoms with Crippen LogP contribution < -0.4 is 10.5 Å². The van der Waals surface area contributed by atoms with Crippen LogP contribution in [-0.2, 0) is 5.41 Å². The van der Waals surface area contributed by atoms with Crippen LogP contribution in [0.4, 0.5) is 0 Å². The summed E-state index contributed by atoms with van der Waals surface area (Å²) in [6, 6.07) is 6.90. The second kappa shape index (κ2) is 6.39. The van der Waals surface area contributed by atoms with Gasteiger partial charge in [0.25, 0.3) is 0 Å². The van der Waals surface area contributed by atoms with Gasteiger partial charge in [-0.05, 0) is 48.8 Å². The maximum Gasteiger partial charge on any atom is 0.122 e. The van der Waals surface area contributed by atoms with E-state index in [-0.39, 0.29) is 5.41 Å². The van der Waals surface area contributed by atoms with Crippen molar-refractivity contribution in [3.8, 4) is 5.75 Å². The zero-order valence-electron chi connectivity index (χ0n) is 13.4. The molecule has 2 heteroatoms. The molecule has 0 aromatic heterocycles. The Morgan fingerprint density at radius 3 is 2.43 bits per heavy atom. The third kappa shape index (κ3) is 2.83. The van der Waals surface area contributed by atoms with Crippen LogP contribution in [0.15, 0.2) is 18.2 Å². The average Bonchev–Trinajstić information content (AvgIpc) is 3.09. The van der Waals surface area contributed by atoms with Crippen LogP contribution in [0, 0.1) is 0 Å². The molecule has 0 radical (unpaired) electrons. The van der Waals surface area contributed by atoms with Gasteiger partial charge in [-0.15, -0.1) is 0 Å². The minimum Gasteiger partial charge on any atom is -0.496 e. The zero-order valence-corrected chi connectivity index (χ0v) is 13.4. The van der Waals surface area contributed by atoms with E-state index in [0.717, 1.165) is 12.3 Å². The summed E-state index contributed by atoms with van der Waals surface area (Å²) in [6.07, 6.45) is 11.9. The Labute approximate surface area is 129 Å². The molecule has 2 aliphatic carbocycles. The van der Waals surface area contributed by atoms with Crippen molar-refractivity contribution in [3.63, 3.8) is 0 Å². The third-order valence-electron chi connectivity index (χ3n) is 5.84. The molecule has 2 fully saturated rings. The molecule has 0 atom stereocenters. The molecule has 1 aromatic carbocycles. The second-order valence-corrected chi connectivity index (χ2v) is 6.98. The van der Waals surface area contributed by atoms with Gasteiger partial charge in [0.15, 0.2) is 0 Å². The summed E-state index contributed by atoms with van der Waals surface area (Å²) in [7, 11) is 1.80. The number of hydrogen-bond acceptors (Lipinski definition) is 2. The Morgan fingerprint density at radius 2 is 1.81 bits per heavy atom. The molecule has 0 heterocycles. The predicted octanol–water partition coefficient (Wildman–Crippen LogP) is 4.51. The van der Waals surface area contributed by atoms with Crippen LogP contribution in [0.25, 0.3) is 0 Å². The fraction of sp³-hybridized carbons (Fsp3) is 0.684. The molecule has 3 rings (SSSR count). The van der Waals surface area contributed by atoms with Crippen molar-refractivity contribution in [2.24, 2.45) is 5.73 Å². The lowest BCUT2D eigenvalue weighted by molar-refractivity contribution is 0.300. The van der Waals surface area contributed by atoms with Gasteiger partial charge < -0.3 is 10.5 Å². The van der Waals surface area contributed by atoms with E-state index < -0.39 is 0 Å². The first-order chi connectivity index (χ1) is 10.3. The Bertz CT molecular complexity index is 470. The first kappa shape index (κ1) is 14.9. The summed E-state index contributed by atoms with van der Waals surface area (Å²) in [5, 5.41) is 0. The molecule has 2 nitrogen and oxygen atoms in total. The lowest BCUT2D eigenvalue weighted by atomic mass is 9.69. The van der Waals surface area contributed by atoms with Gasteiger partial charge in [-0.1, -0.05) is 44.2 Å². The van der Waals surface area contributed by atoms with E-state index in [4.69, 9.17) is 10.5 Å². The largest absolute Gasteiger partial charge is 0.496 e. The van der Waals surface area contributed by atoms with Gasteiger partial charge >= 0.3 is 0 Å². The van der Waals surface area contributed by atoms with E-state index in [1.807, 2.05) is 0 Å². The fourth-order valence-electron chi connectivity index (χ4n) is 4.46. The zero-order chi connectivity index (χ0) is 14.7. The van der Waals surface area contributed by atoms with E-state index >= 15 is 0 Å². The number of ether oxygens (including phenoxy) is 1. The maximum atomic E-state index is 6.21. The molecule has 2 aliphatic rings. The van der Waals surface area contributed by atoms with Gasteiger partial charge in [0.1, 0.15) is 5.75 Å². The quantitative estimate of drug-likeness (QED) is 0.884. The standard InChI is InChI=1S/C19H29NO/c1-21-18-10-9-16(13-17(18)15-7-3-4-8-15)19(14-20)11-5-2-6-12-19/h9-10,13,15H,2-8,11-12,14,20H2,1H3. The normalized spacial score (nSPS) is 22.4. The van der Waals surface area contributed by atoms with Gasteiger partial charge in [0, 0.05) is 12.0 Å². The highest BCUT2D eigenvalue weighted by atomic mass is 16.5. The van der Waals surface area contributed by atoms with Crippen LogP contribution in [0.5, 0.6) is 5.75 Å². The van der Waals surface area contributed by atoms with Crippen molar-refractivity contribution in [1.29, 1.82) is 0 Å². The smallest absolute Gasteiger partial charge is 0.122 e. The molecule has 2 saturated carbocycles. The first-order valence-electron chi connectivity index (χ1n) is 8.67. The molecule has 116 valence electrons. The summed E-state index contributed by atoms with van der Waals surface area (Å²) in [5.74, 6) is 1.77. The van der Waals surface area contributed by atoms with Gasteiger partial charge in [-0.25, -0.2) is 0 Å². The fourth-order valence-corrected chi connectivity index (χ4v) is 4.46. The monoisotopic (exact) mass is 287 g/mol. The highest BCUT2D eigenvalue weighted by Gasteiger charge is 2.33.